The summed E-state index contributed by atoms with van der Waals surface area (Å²) in [6, 6.07) is 9.09. The summed E-state index contributed by atoms with van der Waals surface area (Å²) in [5, 5.41) is 2.19. The minimum absolute atomic E-state index is 0.325. The fraction of sp³-hybridized carbons (Fsp3) is 0.200. The molecule has 2 aromatic rings. The molecule has 0 aliphatic heterocycles. The third kappa shape index (κ3) is 3.31. The highest BCUT2D eigenvalue weighted by molar-refractivity contribution is 7.78. The molecule has 0 aliphatic rings. The first-order valence-corrected chi connectivity index (χ1v) is 6.48. The monoisotopic (exact) mass is 272 g/mol. The van der Waals surface area contributed by atoms with Crippen LogP contribution in [0.25, 0.3) is 11.3 Å². The fourth-order valence-electron chi connectivity index (χ4n) is 1.87. The van der Waals surface area contributed by atoms with Crippen molar-refractivity contribution < 1.29 is 4.39 Å². The predicted molar refractivity (Wildman–Crippen MR) is 78.3 cm³/mol. The molecule has 0 saturated carbocycles. The van der Waals surface area contributed by atoms with E-state index in [-0.39, 0.29) is 0 Å². The number of aliphatic imine (C=N–C) groups is 1. The zero-order chi connectivity index (χ0) is 13.7. The van der Waals surface area contributed by atoms with E-state index in [1.807, 2.05) is 24.3 Å². The highest BCUT2D eigenvalue weighted by Gasteiger charge is 2.07. The number of isothiocyanates is 1. The van der Waals surface area contributed by atoms with Crippen LogP contribution in [-0.2, 0) is 6.42 Å². The number of pyridine rings is 1. The van der Waals surface area contributed by atoms with Crippen molar-refractivity contribution >= 4 is 23.1 Å². The van der Waals surface area contributed by atoms with Gasteiger partial charge in [-0.1, -0.05) is 37.6 Å². The van der Waals surface area contributed by atoms with Crippen LogP contribution in [0.15, 0.2) is 41.5 Å². The van der Waals surface area contributed by atoms with E-state index in [1.165, 1.54) is 17.8 Å². The van der Waals surface area contributed by atoms with Gasteiger partial charge in [-0.05, 0) is 24.2 Å². The van der Waals surface area contributed by atoms with Gasteiger partial charge in [-0.25, -0.2) is 4.39 Å². The van der Waals surface area contributed by atoms with E-state index in [4.69, 9.17) is 0 Å². The lowest BCUT2D eigenvalue weighted by molar-refractivity contribution is 0.626. The Morgan fingerprint density at radius 2 is 2.05 bits per heavy atom. The summed E-state index contributed by atoms with van der Waals surface area (Å²) in [5.41, 5.74) is 2.70. The normalized spacial score (nSPS) is 10.0. The van der Waals surface area contributed by atoms with E-state index in [9.17, 15) is 4.39 Å². The van der Waals surface area contributed by atoms with Crippen LogP contribution in [0, 0.1) is 5.82 Å². The molecule has 2 nitrogen and oxygen atoms in total. The molecule has 0 spiro atoms. The average Bonchev–Trinajstić information content (AvgIpc) is 2.41. The van der Waals surface area contributed by atoms with Crippen LogP contribution in [0.1, 0.15) is 18.9 Å². The molecule has 0 bridgehead atoms. The first-order valence-electron chi connectivity index (χ1n) is 6.07. The lowest BCUT2D eigenvalue weighted by Crippen LogP contribution is -1.90. The summed E-state index contributed by atoms with van der Waals surface area (Å²) in [5.74, 6) is -0.408. The Labute approximate surface area is 117 Å². The molecule has 1 aromatic heterocycles. The Morgan fingerprint density at radius 3 is 2.63 bits per heavy atom. The van der Waals surface area contributed by atoms with Crippen LogP contribution in [0.3, 0.4) is 0 Å². The third-order valence-electron chi connectivity index (χ3n) is 2.77. The minimum atomic E-state index is -0.408. The van der Waals surface area contributed by atoms with Crippen LogP contribution < -0.4 is 0 Å². The second kappa shape index (κ2) is 6.32. The highest BCUT2D eigenvalue weighted by Crippen LogP contribution is 2.24. The maximum atomic E-state index is 13.9. The number of thiocarbonyl (C=S) groups is 1. The smallest absolute Gasteiger partial charge is 0.151 e. The zero-order valence-corrected chi connectivity index (χ0v) is 11.4. The Kier molecular flexibility index (Phi) is 4.50. The van der Waals surface area contributed by atoms with Gasteiger partial charge < -0.3 is 0 Å². The van der Waals surface area contributed by atoms with Gasteiger partial charge in [-0.15, -0.1) is 0 Å². The van der Waals surface area contributed by atoms with E-state index < -0.39 is 5.82 Å². The molecule has 1 heterocycles. The molecule has 0 amide bonds. The summed E-state index contributed by atoms with van der Waals surface area (Å²) < 4.78 is 13.9. The Morgan fingerprint density at radius 1 is 1.32 bits per heavy atom. The summed E-state index contributed by atoms with van der Waals surface area (Å²) in [6.07, 6.45) is 3.60. The number of hydrogen-bond acceptors (Lipinski definition) is 3. The molecule has 4 heteroatoms. The number of aromatic nitrogens is 1. The van der Waals surface area contributed by atoms with Gasteiger partial charge >= 0.3 is 0 Å². The number of rotatable bonds is 4. The fourth-order valence-corrected chi connectivity index (χ4v) is 1.98. The molecule has 0 atom stereocenters. The molecule has 0 radical (unpaired) electrons. The maximum absolute atomic E-state index is 13.9. The van der Waals surface area contributed by atoms with Crippen LogP contribution in [0.4, 0.5) is 10.1 Å². The van der Waals surface area contributed by atoms with Crippen LogP contribution in [0.5, 0.6) is 0 Å². The van der Waals surface area contributed by atoms with Gasteiger partial charge in [0.05, 0.1) is 17.0 Å². The summed E-state index contributed by atoms with van der Waals surface area (Å²) in [6.45, 7) is 2.13. The van der Waals surface area contributed by atoms with Gasteiger partial charge in [-0.2, -0.15) is 4.99 Å². The zero-order valence-electron chi connectivity index (χ0n) is 10.6. The van der Waals surface area contributed by atoms with E-state index in [0.29, 0.717) is 11.4 Å². The van der Waals surface area contributed by atoms with Crippen LogP contribution >= 0.6 is 12.2 Å². The molecule has 0 fully saturated rings. The van der Waals surface area contributed by atoms with Gasteiger partial charge in [0.2, 0.25) is 0 Å². The molecule has 0 N–H and O–H groups in total. The van der Waals surface area contributed by atoms with Crippen molar-refractivity contribution in [3.8, 4) is 11.3 Å². The lowest BCUT2D eigenvalue weighted by Gasteiger charge is -2.04. The van der Waals surface area contributed by atoms with Gasteiger partial charge in [0.15, 0.2) is 5.82 Å². The topological polar surface area (TPSA) is 25.2 Å². The van der Waals surface area contributed by atoms with Gasteiger partial charge in [0, 0.05) is 11.6 Å². The largest absolute Gasteiger partial charge is 0.251 e. The molecule has 19 heavy (non-hydrogen) atoms. The molecule has 0 saturated heterocycles. The minimum Gasteiger partial charge on any atom is -0.251 e. The number of nitrogens with zero attached hydrogens (tertiary/aromatic N) is 2. The quantitative estimate of drug-likeness (QED) is 0.601. The Hall–Kier alpha value is -1.90. The molecule has 0 unspecified atom stereocenters. The summed E-state index contributed by atoms with van der Waals surface area (Å²) >= 11 is 4.48. The van der Waals surface area contributed by atoms with Crippen molar-refractivity contribution in [1.82, 2.24) is 4.98 Å². The predicted octanol–water partition coefficient (Wildman–Crippen LogP) is 4.57. The van der Waals surface area contributed by atoms with Crippen LogP contribution in [0.2, 0.25) is 0 Å². The second-order valence-corrected chi connectivity index (χ2v) is 4.36. The SMILES string of the molecule is CCCc1ccc(-c2ncc(N=C=S)cc2F)cc1. The lowest BCUT2D eigenvalue weighted by atomic mass is 10.1. The molecule has 0 aliphatic carbocycles. The molecule has 96 valence electrons. The first-order chi connectivity index (χ1) is 9.24. The summed E-state index contributed by atoms with van der Waals surface area (Å²) in [4.78, 5) is 7.79. The van der Waals surface area contributed by atoms with E-state index in [0.717, 1.165) is 18.4 Å². The Balaban J connectivity index is 2.33. The van der Waals surface area contributed by atoms with Gasteiger partial charge in [0.1, 0.15) is 5.69 Å². The molecular weight excluding hydrogens is 259 g/mol. The first kappa shape index (κ1) is 13.5. The van der Waals surface area contributed by atoms with E-state index in [1.54, 1.807) is 0 Å². The number of aryl methyl sites for hydroxylation is 1. The average molecular weight is 272 g/mol. The van der Waals surface area contributed by atoms with Crippen LogP contribution in [-0.4, -0.2) is 10.1 Å². The summed E-state index contributed by atoms with van der Waals surface area (Å²) in [7, 11) is 0. The standard InChI is InChI=1S/C15H13FN2S/c1-2-3-11-4-6-12(7-5-11)15-14(16)8-13(9-17-15)18-10-19/h4-9H,2-3H2,1H3. The second-order valence-electron chi connectivity index (χ2n) is 4.17. The molecule has 1 aromatic carbocycles. The van der Waals surface area contributed by atoms with E-state index in [2.05, 4.69) is 34.3 Å². The van der Waals surface area contributed by atoms with Crippen molar-refractivity contribution in [2.45, 2.75) is 19.8 Å². The number of hydrogen-bond donors (Lipinski definition) is 0. The van der Waals surface area contributed by atoms with Gasteiger partial charge in [-0.3, -0.25) is 4.98 Å². The van der Waals surface area contributed by atoms with Crippen molar-refractivity contribution in [1.29, 1.82) is 0 Å². The Bertz CT molecular complexity index is 617. The maximum Gasteiger partial charge on any atom is 0.151 e. The van der Waals surface area contributed by atoms with Crippen molar-refractivity contribution in [2.24, 2.45) is 4.99 Å². The number of halogens is 1. The number of benzene rings is 1. The third-order valence-corrected chi connectivity index (χ3v) is 2.86. The molecule has 2 rings (SSSR count). The van der Waals surface area contributed by atoms with Crippen molar-refractivity contribution in [3.63, 3.8) is 0 Å². The van der Waals surface area contributed by atoms with Gasteiger partial charge in [0.25, 0.3) is 0 Å². The molecular formula is C15H13FN2S. The van der Waals surface area contributed by atoms with E-state index >= 15 is 0 Å². The van der Waals surface area contributed by atoms with Crippen molar-refractivity contribution in [2.75, 3.05) is 0 Å². The van der Waals surface area contributed by atoms with Crippen molar-refractivity contribution in [3.05, 3.63) is 47.9 Å². The highest BCUT2D eigenvalue weighted by atomic mass is 32.1.